The molecule has 3 rings (SSSR count). The Balaban J connectivity index is 1.71. The van der Waals surface area contributed by atoms with Gasteiger partial charge in [0.05, 0.1) is 23.9 Å². The Morgan fingerprint density at radius 2 is 2.23 bits per heavy atom. The molecule has 1 fully saturated rings. The van der Waals surface area contributed by atoms with E-state index in [1.165, 1.54) is 16.8 Å². The molecule has 0 unspecified atom stereocenters. The van der Waals surface area contributed by atoms with Crippen LogP contribution in [0.4, 0.5) is 5.69 Å². The number of amides is 1. The van der Waals surface area contributed by atoms with Gasteiger partial charge < -0.3 is 9.88 Å². The number of nitrogens with one attached hydrogen (secondary N) is 1. The highest BCUT2D eigenvalue weighted by Gasteiger charge is 2.34. The predicted molar refractivity (Wildman–Crippen MR) is 94.5 cm³/mol. The molecule has 1 aromatic heterocycles. The standard InChI is InChI=1S/C17H19N5O3S/c1-21-11-16(19-12-21)26(24,25)22-7-3-5-14(10-22)17(23)20-15-6-2-4-13(8-15)9-18/h2,4,6,8,11-12,14H,3,5,7,10H2,1H3,(H,20,23)/t14-/m1/s1. The van der Waals surface area contributed by atoms with Crippen molar-refractivity contribution in [2.45, 2.75) is 17.9 Å². The number of imidazole rings is 1. The number of anilines is 1. The fraction of sp³-hybridized carbons (Fsp3) is 0.353. The van der Waals surface area contributed by atoms with E-state index in [4.69, 9.17) is 5.26 Å². The van der Waals surface area contributed by atoms with E-state index < -0.39 is 15.9 Å². The first-order valence-electron chi connectivity index (χ1n) is 8.19. The minimum absolute atomic E-state index is 0.0113. The Bertz CT molecular complexity index is 961. The molecular formula is C17H19N5O3S. The van der Waals surface area contributed by atoms with Gasteiger partial charge in [0.2, 0.25) is 5.91 Å². The smallest absolute Gasteiger partial charge is 0.262 e. The van der Waals surface area contributed by atoms with Gasteiger partial charge in [-0.2, -0.15) is 9.57 Å². The fourth-order valence-electron chi connectivity index (χ4n) is 2.94. The van der Waals surface area contributed by atoms with Crippen LogP contribution in [0.15, 0.2) is 41.8 Å². The Kier molecular flexibility index (Phi) is 5.06. The van der Waals surface area contributed by atoms with E-state index in [1.807, 2.05) is 6.07 Å². The fourth-order valence-corrected chi connectivity index (χ4v) is 4.43. The first-order valence-corrected chi connectivity index (χ1v) is 9.63. The van der Waals surface area contributed by atoms with Gasteiger partial charge in [0.25, 0.3) is 10.0 Å². The monoisotopic (exact) mass is 373 g/mol. The van der Waals surface area contributed by atoms with Gasteiger partial charge >= 0.3 is 0 Å². The molecular weight excluding hydrogens is 354 g/mol. The third-order valence-corrected chi connectivity index (χ3v) is 6.05. The maximum Gasteiger partial charge on any atom is 0.262 e. The van der Waals surface area contributed by atoms with Crippen LogP contribution in [0.1, 0.15) is 18.4 Å². The summed E-state index contributed by atoms with van der Waals surface area (Å²) in [6.45, 7) is 0.481. The average Bonchev–Trinajstić information content (AvgIpc) is 3.09. The summed E-state index contributed by atoms with van der Waals surface area (Å²) >= 11 is 0. The number of piperidine rings is 1. The summed E-state index contributed by atoms with van der Waals surface area (Å²) in [6.07, 6.45) is 4.09. The zero-order valence-electron chi connectivity index (χ0n) is 14.3. The Labute approximate surface area is 152 Å². The summed E-state index contributed by atoms with van der Waals surface area (Å²) in [6, 6.07) is 8.64. The lowest BCUT2D eigenvalue weighted by molar-refractivity contribution is -0.120. The zero-order valence-corrected chi connectivity index (χ0v) is 15.1. The van der Waals surface area contributed by atoms with Gasteiger partial charge in [0, 0.05) is 32.0 Å². The predicted octanol–water partition coefficient (Wildman–Crippen LogP) is 1.33. The summed E-state index contributed by atoms with van der Waals surface area (Å²) < 4.78 is 28.3. The lowest BCUT2D eigenvalue weighted by Gasteiger charge is -2.30. The Morgan fingerprint density at radius 3 is 2.92 bits per heavy atom. The number of aromatic nitrogens is 2. The molecule has 2 aromatic rings. The van der Waals surface area contributed by atoms with Crippen molar-refractivity contribution in [2.24, 2.45) is 13.0 Å². The van der Waals surface area contributed by atoms with Crippen molar-refractivity contribution >= 4 is 21.6 Å². The van der Waals surface area contributed by atoms with Crippen LogP contribution in [0.3, 0.4) is 0 Å². The molecule has 1 aliphatic heterocycles. The van der Waals surface area contributed by atoms with Crippen LogP contribution in [0.5, 0.6) is 0 Å². The van der Waals surface area contributed by atoms with Crippen molar-refractivity contribution in [1.29, 1.82) is 5.26 Å². The summed E-state index contributed by atoms with van der Waals surface area (Å²) in [5.41, 5.74) is 0.976. The van der Waals surface area contributed by atoms with Crippen LogP contribution in [0.25, 0.3) is 0 Å². The number of hydrogen-bond acceptors (Lipinski definition) is 5. The first kappa shape index (κ1) is 18.1. The highest BCUT2D eigenvalue weighted by molar-refractivity contribution is 7.89. The van der Waals surface area contributed by atoms with Crippen LogP contribution in [0.2, 0.25) is 0 Å². The van der Waals surface area contributed by atoms with Crippen molar-refractivity contribution in [3.8, 4) is 6.07 Å². The Morgan fingerprint density at radius 1 is 1.42 bits per heavy atom. The van der Waals surface area contributed by atoms with Gasteiger partial charge in [-0.1, -0.05) is 6.07 Å². The van der Waals surface area contributed by atoms with E-state index in [0.29, 0.717) is 30.6 Å². The molecule has 0 saturated carbocycles. The molecule has 136 valence electrons. The molecule has 1 aliphatic rings. The highest BCUT2D eigenvalue weighted by atomic mass is 32.2. The molecule has 1 saturated heterocycles. The van der Waals surface area contributed by atoms with Crippen molar-refractivity contribution in [1.82, 2.24) is 13.9 Å². The lowest BCUT2D eigenvalue weighted by atomic mass is 9.98. The molecule has 26 heavy (non-hydrogen) atoms. The second-order valence-electron chi connectivity index (χ2n) is 6.26. The van der Waals surface area contributed by atoms with Gasteiger partial charge in [-0.25, -0.2) is 13.4 Å². The number of hydrogen-bond donors (Lipinski definition) is 1. The minimum atomic E-state index is -3.71. The minimum Gasteiger partial charge on any atom is -0.339 e. The van der Waals surface area contributed by atoms with E-state index >= 15 is 0 Å². The molecule has 9 heteroatoms. The molecule has 1 atom stereocenters. The number of benzene rings is 1. The van der Waals surface area contributed by atoms with Crippen LogP contribution >= 0.6 is 0 Å². The Hall–Kier alpha value is -2.70. The SMILES string of the molecule is Cn1cnc(S(=O)(=O)N2CCC[C@@H](C(=O)Nc3cccc(C#N)c3)C2)c1. The second kappa shape index (κ2) is 7.27. The maximum atomic E-state index is 12.7. The molecule has 0 aliphatic carbocycles. The van der Waals surface area contributed by atoms with Gasteiger partial charge in [-0.05, 0) is 31.0 Å². The highest BCUT2D eigenvalue weighted by Crippen LogP contribution is 2.24. The van der Waals surface area contributed by atoms with Crippen LogP contribution in [-0.2, 0) is 21.9 Å². The molecule has 8 nitrogen and oxygen atoms in total. The van der Waals surface area contributed by atoms with Crippen molar-refractivity contribution in [3.63, 3.8) is 0 Å². The van der Waals surface area contributed by atoms with Crippen LogP contribution < -0.4 is 5.32 Å². The van der Waals surface area contributed by atoms with Gasteiger partial charge in [0.1, 0.15) is 0 Å². The average molecular weight is 373 g/mol. The summed E-state index contributed by atoms with van der Waals surface area (Å²) in [4.78, 5) is 16.5. The quantitative estimate of drug-likeness (QED) is 0.870. The van der Waals surface area contributed by atoms with E-state index in [9.17, 15) is 13.2 Å². The normalized spacial score (nSPS) is 18.2. The molecule has 1 amide bonds. The number of carbonyl (C=O) groups is 1. The van der Waals surface area contributed by atoms with Crippen LogP contribution in [0, 0.1) is 17.2 Å². The van der Waals surface area contributed by atoms with E-state index in [1.54, 1.807) is 35.9 Å². The number of aryl methyl sites for hydroxylation is 1. The summed E-state index contributed by atoms with van der Waals surface area (Å²) in [5, 5.41) is 11.7. The third kappa shape index (κ3) is 3.76. The second-order valence-corrected chi connectivity index (χ2v) is 8.15. The van der Waals surface area contributed by atoms with Gasteiger partial charge in [-0.3, -0.25) is 4.79 Å². The molecule has 1 N–H and O–H groups in total. The number of nitriles is 1. The summed E-state index contributed by atoms with van der Waals surface area (Å²) in [5.74, 6) is -0.700. The summed E-state index contributed by atoms with van der Waals surface area (Å²) in [7, 11) is -2.01. The number of carbonyl (C=O) groups excluding carboxylic acids is 1. The van der Waals surface area contributed by atoms with Gasteiger partial charge in [-0.15, -0.1) is 0 Å². The van der Waals surface area contributed by atoms with Crippen LogP contribution in [-0.4, -0.2) is 41.3 Å². The first-order chi connectivity index (χ1) is 12.4. The zero-order chi connectivity index (χ0) is 18.7. The lowest BCUT2D eigenvalue weighted by Crippen LogP contribution is -2.43. The largest absolute Gasteiger partial charge is 0.339 e. The molecule has 1 aromatic carbocycles. The maximum absolute atomic E-state index is 12.7. The van der Waals surface area contributed by atoms with Gasteiger partial charge in [0.15, 0.2) is 5.03 Å². The van der Waals surface area contributed by atoms with Crippen molar-refractivity contribution in [3.05, 3.63) is 42.4 Å². The van der Waals surface area contributed by atoms with Crippen molar-refractivity contribution < 1.29 is 13.2 Å². The topological polar surface area (TPSA) is 108 Å². The van der Waals surface area contributed by atoms with Crippen molar-refractivity contribution in [2.75, 3.05) is 18.4 Å². The number of rotatable bonds is 4. The molecule has 0 spiro atoms. The van der Waals surface area contributed by atoms with E-state index in [2.05, 4.69) is 10.3 Å². The molecule has 2 heterocycles. The number of sulfonamides is 1. The third-order valence-electron chi connectivity index (χ3n) is 4.30. The number of nitrogens with zero attached hydrogens (tertiary/aromatic N) is 4. The van der Waals surface area contributed by atoms with E-state index in [-0.39, 0.29) is 17.5 Å². The van der Waals surface area contributed by atoms with E-state index in [0.717, 1.165) is 0 Å². The molecule has 0 bridgehead atoms. The molecule has 0 radical (unpaired) electrons.